The summed E-state index contributed by atoms with van der Waals surface area (Å²) in [6, 6.07) is 0.426. The lowest BCUT2D eigenvalue weighted by Crippen LogP contribution is -2.51. The van der Waals surface area contributed by atoms with E-state index in [-0.39, 0.29) is 12.2 Å². The number of nitrogens with one attached hydrogen (secondary N) is 1. The predicted molar refractivity (Wildman–Crippen MR) is 77.8 cm³/mol. The molecule has 0 aromatic carbocycles. The van der Waals surface area contributed by atoms with Crippen molar-refractivity contribution in [1.82, 2.24) is 15.1 Å². The van der Waals surface area contributed by atoms with Crippen LogP contribution in [0.4, 0.5) is 0 Å². The third-order valence-corrected chi connectivity index (χ3v) is 4.89. The summed E-state index contributed by atoms with van der Waals surface area (Å²) in [5.74, 6) is 0.746. The van der Waals surface area contributed by atoms with Crippen LogP contribution in [-0.2, 0) is 4.79 Å². The highest BCUT2D eigenvalue weighted by molar-refractivity contribution is 5.85. The monoisotopic (exact) mass is 267 g/mol. The number of carbonyl (C=O) groups is 1. The average molecular weight is 267 g/mol. The lowest BCUT2D eigenvalue weighted by atomic mass is 9.98. The van der Waals surface area contributed by atoms with Gasteiger partial charge in [-0.1, -0.05) is 27.2 Å². The summed E-state index contributed by atoms with van der Waals surface area (Å²) in [6.45, 7) is 12.0. The Hall–Kier alpha value is -0.610. The van der Waals surface area contributed by atoms with Gasteiger partial charge in [-0.2, -0.15) is 0 Å². The van der Waals surface area contributed by atoms with Gasteiger partial charge in [0.25, 0.3) is 0 Å². The first kappa shape index (κ1) is 14.8. The summed E-state index contributed by atoms with van der Waals surface area (Å²) in [5, 5.41) is 3.49. The van der Waals surface area contributed by atoms with Crippen molar-refractivity contribution >= 4 is 5.91 Å². The first-order valence-electron chi connectivity index (χ1n) is 7.89. The van der Waals surface area contributed by atoms with Crippen LogP contribution < -0.4 is 5.32 Å². The van der Waals surface area contributed by atoms with Gasteiger partial charge in [-0.25, -0.2) is 0 Å². The molecule has 2 saturated heterocycles. The summed E-state index contributed by atoms with van der Waals surface area (Å²) in [6.07, 6.45) is 3.61. The maximum atomic E-state index is 12.7. The van der Waals surface area contributed by atoms with E-state index in [1.807, 2.05) is 0 Å². The second-order valence-corrected chi connectivity index (χ2v) is 6.14. The maximum absolute atomic E-state index is 12.7. The van der Waals surface area contributed by atoms with E-state index in [1.54, 1.807) is 0 Å². The Kier molecular flexibility index (Phi) is 4.85. The number of piperidine rings is 1. The highest BCUT2D eigenvalue weighted by Crippen LogP contribution is 2.25. The van der Waals surface area contributed by atoms with Crippen LogP contribution in [0.1, 0.15) is 47.0 Å². The predicted octanol–water partition coefficient (Wildman–Crippen LogP) is 1.66. The molecule has 4 atom stereocenters. The Bertz CT molecular complexity index is 321. The zero-order chi connectivity index (χ0) is 14.0. The quantitative estimate of drug-likeness (QED) is 0.841. The average Bonchev–Trinajstić information content (AvgIpc) is 2.73. The minimum absolute atomic E-state index is 0.0250. The van der Waals surface area contributed by atoms with Crippen molar-refractivity contribution in [2.75, 3.05) is 19.6 Å². The highest BCUT2D eigenvalue weighted by atomic mass is 16.2. The molecule has 0 spiro atoms. The van der Waals surface area contributed by atoms with E-state index in [9.17, 15) is 4.79 Å². The van der Waals surface area contributed by atoms with Gasteiger partial charge >= 0.3 is 0 Å². The second kappa shape index (κ2) is 6.23. The number of likely N-dealkylation sites (N-methyl/N-ethyl adjacent to an activating group) is 1. The molecule has 0 aliphatic carbocycles. The SMILES string of the molecule is CCC(C)C1NC(C)N(C2CCCN(CC)C2)C1=O. The Labute approximate surface area is 117 Å². The molecule has 2 aliphatic heterocycles. The minimum atomic E-state index is 0.0250. The van der Waals surface area contributed by atoms with Gasteiger partial charge in [0.05, 0.1) is 12.2 Å². The van der Waals surface area contributed by atoms with Gasteiger partial charge < -0.3 is 9.80 Å². The van der Waals surface area contributed by atoms with Crippen molar-refractivity contribution in [2.24, 2.45) is 5.92 Å². The summed E-state index contributed by atoms with van der Waals surface area (Å²) in [5.41, 5.74) is 0. The summed E-state index contributed by atoms with van der Waals surface area (Å²) in [4.78, 5) is 17.2. The topological polar surface area (TPSA) is 35.6 Å². The van der Waals surface area contributed by atoms with Crippen LogP contribution >= 0.6 is 0 Å². The fourth-order valence-electron chi connectivity index (χ4n) is 3.45. The van der Waals surface area contributed by atoms with Gasteiger partial charge in [0.1, 0.15) is 0 Å². The summed E-state index contributed by atoms with van der Waals surface area (Å²) in [7, 11) is 0. The number of hydrogen-bond acceptors (Lipinski definition) is 3. The summed E-state index contributed by atoms with van der Waals surface area (Å²) >= 11 is 0. The summed E-state index contributed by atoms with van der Waals surface area (Å²) < 4.78 is 0. The molecule has 2 aliphatic rings. The number of rotatable bonds is 4. The second-order valence-electron chi connectivity index (χ2n) is 6.14. The molecule has 1 amide bonds. The number of nitrogens with zero attached hydrogens (tertiary/aromatic N) is 2. The lowest BCUT2D eigenvalue weighted by molar-refractivity contribution is -0.134. The fourth-order valence-corrected chi connectivity index (χ4v) is 3.45. The van der Waals surface area contributed by atoms with Gasteiger partial charge in [-0.15, -0.1) is 0 Å². The lowest BCUT2D eigenvalue weighted by Gasteiger charge is -2.38. The molecule has 4 heteroatoms. The fraction of sp³-hybridized carbons (Fsp3) is 0.933. The highest BCUT2D eigenvalue weighted by Gasteiger charge is 2.42. The van der Waals surface area contributed by atoms with Gasteiger partial charge in [-0.05, 0) is 38.8 Å². The van der Waals surface area contributed by atoms with Gasteiger partial charge in [0, 0.05) is 12.6 Å². The van der Waals surface area contributed by atoms with Crippen molar-refractivity contribution in [1.29, 1.82) is 0 Å². The van der Waals surface area contributed by atoms with Crippen LogP contribution in [0.3, 0.4) is 0 Å². The molecule has 19 heavy (non-hydrogen) atoms. The van der Waals surface area contributed by atoms with Crippen molar-refractivity contribution in [2.45, 2.75) is 65.2 Å². The van der Waals surface area contributed by atoms with Crippen molar-refractivity contribution in [3.8, 4) is 0 Å². The molecule has 110 valence electrons. The molecule has 2 heterocycles. The van der Waals surface area contributed by atoms with Crippen LogP contribution in [0.15, 0.2) is 0 Å². The van der Waals surface area contributed by atoms with Crippen LogP contribution in [0.25, 0.3) is 0 Å². The largest absolute Gasteiger partial charge is 0.322 e. The maximum Gasteiger partial charge on any atom is 0.241 e. The molecule has 1 N–H and O–H groups in total. The first-order valence-corrected chi connectivity index (χ1v) is 7.89. The number of carbonyl (C=O) groups excluding carboxylic acids is 1. The van der Waals surface area contributed by atoms with E-state index >= 15 is 0 Å². The van der Waals surface area contributed by atoms with Crippen molar-refractivity contribution in [3.63, 3.8) is 0 Å². The normalized spacial score (nSPS) is 34.8. The smallest absolute Gasteiger partial charge is 0.241 e. The van der Waals surface area contributed by atoms with Crippen molar-refractivity contribution < 1.29 is 4.79 Å². The minimum Gasteiger partial charge on any atom is -0.322 e. The van der Waals surface area contributed by atoms with Crippen LogP contribution in [0.5, 0.6) is 0 Å². The Morgan fingerprint density at radius 2 is 2.16 bits per heavy atom. The zero-order valence-electron chi connectivity index (χ0n) is 12.9. The van der Waals surface area contributed by atoms with E-state index < -0.39 is 0 Å². The third-order valence-electron chi connectivity index (χ3n) is 4.89. The number of hydrogen-bond donors (Lipinski definition) is 1. The molecule has 0 bridgehead atoms. The van der Waals surface area contributed by atoms with Crippen LogP contribution in [0.2, 0.25) is 0 Å². The first-order chi connectivity index (χ1) is 9.08. The Morgan fingerprint density at radius 3 is 2.79 bits per heavy atom. The molecule has 4 unspecified atom stereocenters. The third kappa shape index (κ3) is 2.95. The van der Waals surface area contributed by atoms with Crippen LogP contribution in [0, 0.1) is 5.92 Å². The molecule has 0 radical (unpaired) electrons. The van der Waals surface area contributed by atoms with E-state index in [1.165, 1.54) is 13.0 Å². The molecular formula is C15H29N3O. The van der Waals surface area contributed by atoms with Gasteiger partial charge in [0.2, 0.25) is 5.91 Å². The molecular weight excluding hydrogens is 238 g/mol. The standard InChI is InChI=1S/C15H29N3O/c1-5-11(3)14-15(19)18(12(4)16-14)13-8-7-9-17(6-2)10-13/h11-14,16H,5-10H2,1-4H3. The number of amides is 1. The zero-order valence-corrected chi connectivity index (χ0v) is 12.9. The molecule has 0 aromatic heterocycles. The molecule has 0 aromatic rings. The Balaban J connectivity index is 2.05. The van der Waals surface area contributed by atoms with E-state index in [0.29, 0.717) is 17.9 Å². The van der Waals surface area contributed by atoms with E-state index in [4.69, 9.17) is 0 Å². The Morgan fingerprint density at radius 1 is 1.42 bits per heavy atom. The van der Waals surface area contributed by atoms with Gasteiger partial charge in [0.15, 0.2) is 0 Å². The van der Waals surface area contributed by atoms with E-state index in [0.717, 1.165) is 25.9 Å². The van der Waals surface area contributed by atoms with Gasteiger partial charge in [-0.3, -0.25) is 10.1 Å². The number of likely N-dealkylation sites (tertiary alicyclic amines) is 1. The molecule has 2 fully saturated rings. The van der Waals surface area contributed by atoms with E-state index in [2.05, 4.69) is 42.8 Å². The van der Waals surface area contributed by atoms with Crippen molar-refractivity contribution in [3.05, 3.63) is 0 Å². The molecule has 4 nitrogen and oxygen atoms in total. The molecule has 2 rings (SSSR count). The van der Waals surface area contributed by atoms with Crippen LogP contribution in [-0.4, -0.2) is 53.6 Å². The molecule has 0 saturated carbocycles.